The molecule has 1 atom stereocenters. The van der Waals surface area contributed by atoms with Crippen LogP contribution in [0.5, 0.6) is 0 Å². The Morgan fingerprint density at radius 3 is 2.00 bits per heavy atom. The molecule has 0 aliphatic carbocycles. The first kappa shape index (κ1) is 25.5. The summed E-state index contributed by atoms with van der Waals surface area (Å²) in [5, 5.41) is 0. The van der Waals surface area contributed by atoms with Crippen molar-refractivity contribution >= 4 is 5.97 Å². The summed E-state index contributed by atoms with van der Waals surface area (Å²) in [5.74, 6) is -0.665. The number of hydrogen-bond donors (Lipinski definition) is 0. The molecule has 1 unspecified atom stereocenters. The second-order valence-corrected chi connectivity index (χ2v) is 7.87. The van der Waals surface area contributed by atoms with Gasteiger partial charge in [-0.05, 0) is 37.5 Å². The van der Waals surface area contributed by atoms with Gasteiger partial charge in [-0.1, -0.05) is 84.1 Å². The smallest absolute Gasteiger partial charge is 0.416 e. The van der Waals surface area contributed by atoms with Crippen LogP contribution in [0.25, 0.3) is 0 Å². The zero-order chi connectivity index (χ0) is 21.5. The van der Waals surface area contributed by atoms with Gasteiger partial charge in [-0.2, -0.15) is 13.2 Å². The average molecular weight is 415 g/mol. The third-order valence-electron chi connectivity index (χ3n) is 5.19. The standard InChI is InChI=1S/C24H37F3O2/c1-3-5-6-7-8-9-10-11-12-13-18-22(15-4-2)29-23(28)20-16-14-17-21(19-20)24(25,26)27/h14,16-17,19,22H,3-13,15,18H2,1-2H3. The molecular formula is C24H37F3O2. The van der Waals surface area contributed by atoms with Crippen molar-refractivity contribution in [3.63, 3.8) is 0 Å². The Morgan fingerprint density at radius 1 is 0.862 bits per heavy atom. The third kappa shape index (κ3) is 11.3. The number of esters is 1. The topological polar surface area (TPSA) is 26.3 Å². The van der Waals surface area contributed by atoms with Crippen molar-refractivity contribution in [1.29, 1.82) is 0 Å². The molecule has 0 N–H and O–H groups in total. The van der Waals surface area contributed by atoms with E-state index < -0.39 is 17.7 Å². The molecule has 1 aromatic carbocycles. The van der Waals surface area contributed by atoms with Gasteiger partial charge in [0.25, 0.3) is 0 Å². The minimum atomic E-state index is -4.46. The molecule has 1 aromatic rings. The molecule has 2 nitrogen and oxygen atoms in total. The fourth-order valence-electron chi connectivity index (χ4n) is 3.49. The largest absolute Gasteiger partial charge is 0.459 e. The molecule has 166 valence electrons. The van der Waals surface area contributed by atoms with E-state index in [1.807, 2.05) is 6.92 Å². The Balaban J connectivity index is 2.33. The zero-order valence-electron chi connectivity index (χ0n) is 18.0. The van der Waals surface area contributed by atoms with Gasteiger partial charge >= 0.3 is 12.1 Å². The van der Waals surface area contributed by atoms with Gasteiger partial charge in [0.2, 0.25) is 0 Å². The van der Waals surface area contributed by atoms with Gasteiger partial charge in [0.1, 0.15) is 6.10 Å². The summed E-state index contributed by atoms with van der Waals surface area (Å²) in [6.45, 7) is 4.24. The molecule has 0 saturated carbocycles. The Labute approximate surface area is 174 Å². The number of alkyl halides is 3. The van der Waals surface area contributed by atoms with E-state index in [9.17, 15) is 18.0 Å². The van der Waals surface area contributed by atoms with Crippen molar-refractivity contribution in [2.45, 2.75) is 110 Å². The van der Waals surface area contributed by atoms with Crippen molar-refractivity contribution in [2.75, 3.05) is 0 Å². The maximum absolute atomic E-state index is 12.8. The molecule has 0 spiro atoms. The van der Waals surface area contributed by atoms with Crippen LogP contribution in [0.1, 0.15) is 113 Å². The van der Waals surface area contributed by atoms with Gasteiger partial charge in [0.15, 0.2) is 0 Å². The lowest BCUT2D eigenvalue weighted by molar-refractivity contribution is -0.137. The second kappa shape index (κ2) is 14.5. The number of rotatable bonds is 15. The lowest BCUT2D eigenvalue weighted by atomic mass is 10.0. The van der Waals surface area contributed by atoms with Crippen LogP contribution in [0, 0.1) is 0 Å². The van der Waals surface area contributed by atoms with Crippen molar-refractivity contribution in [3.8, 4) is 0 Å². The molecule has 0 aromatic heterocycles. The van der Waals surface area contributed by atoms with Crippen LogP contribution >= 0.6 is 0 Å². The van der Waals surface area contributed by atoms with E-state index in [1.54, 1.807) is 0 Å². The Hall–Kier alpha value is -1.52. The molecule has 0 amide bonds. The Kier molecular flexibility index (Phi) is 12.7. The SMILES string of the molecule is CCCCCCCCCCCCC(CCC)OC(=O)c1cccc(C(F)(F)F)c1. The summed E-state index contributed by atoms with van der Waals surface area (Å²) in [6.07, 6.45) is 10.1. The zero-order valence-corrected chi connectivity index (χ0v) is 18.0. The number of carbonyl (C=O) groups excluding carboxylic acids is 1. The van der Waals surface area contributed by atoms with E-state index in [0.717, 1.165) is 44.2 Å². The van der Waals surface area contributed by atoms with Crippen LogP contribution in [0.2, 0.25) is 0 Å². The predicted molar refractivity (Wildman–Crippen MR) is 112 cm³/mol. The van der Waals surface area contributed by atoms with E-state index >= 15 is 0 Å². The second-order valence-electron chi connectivity index (χ2n) is 7.87. The van der Waals surface area contributed by atoms with E-state index in [2.05, 4.69) is 6.92 Å². The van der Waals surface area contributed by atoms with E-state index in [0.29, 0.717) is 0 Å². The Morgan fingerprint density at radius 2 is 1.45 bits per heavy atom. The summed E-state index contributed by atoms with van der Waals surface area (Å²) in [4.78, 5) is 12.3. The molecule has 0 heterocycles. The minimum absolute atomic E-state index is 0.0380. The maximum Gasteiger partial charge on any atom is 0.416 e. The summed E-state index contributed by atoms with van der Waals surface area (Å²) in [6, 6.07) is 4.45. The van der Waals surface area contributed by atoms with Crippen molar-refractivity contribution in [3.05, 3.63) is 35.4 Å². The van der Waals surface area contributed by atoms with Gasteiger partial charge in [-0.3, -0.25) is 0 Å². The lowest BCUT2D eigenvalue weighted by Gasteiger charge is -2.18. The van der Waals surface area contributed by atoms with E-state index in [1.165, 1.54) is 63.5 Å². The molecule has 0 fully saturated rings. The molecule has 0 aliphatic heterocycles. The van der Waals surface area contributed by atoms with Crippen LogP contribution in [0.4, 0.5) is 13.2 Å². The van der Waals surface area contributed by atoms with Crippen molar-refractivity contribution in [1.82, 2.24) is 0 Å². The van der Waals surface area contributed by atoms with Crippen LogP contribution in [-0.2, 0) is 10.9 Å². The number of halogens is 3. The van der Waals surface area contributed by atoms with Gasteiger partial charge in [0.05, 0.1) is 11.1 Å². The van der Waals surface area contributed by atoms with Crippen LogP contribution in [-0.4, -0.2) is 12.1 Å². The number of carbonyl (C=O) groups is 1. The molecule has 0 aliphatic rings. The Bertz CT molecular complexity index is 569. The highest BCUT2D eigenvalue weighted by molar-refractivity contribution is 5.89. The fourth-order valence-corrected chi connectivity index (χ4v) is 3.49. The first-order valence-electron chi connectivity index (χ1n) is 11.3. The molecular weight excluding hydrogens is 377 g/mol. The number of hydrogen-bond acceptors (Lipinski definition) is 2. The van der Waals surface area contributed by atoms with Crippen LogP contribution in [0.15, 0.2) is 24.3 Å². The molecule has 0 radical (unpaired) electrons. The first-order valence-corrected chi connectivity index (χ1v) is 11.3. The average Bonchev–Trinajstić information content (AvgIpc) is 2.69. The van der Waals surface area contributed by atoms with Gasteiger partial charge < -0.3 is 4.74 Å². The summed E-state index contributed by atoms with van der Waals surface area (Å²) in [7, 11) is 0. The highest BCUT2D eigenvalue weighted by Crippen LogP contribution is 2.30. The van der Waals surface area contributed by atoms with E-state index in [4.69, 9.17) is 4.74 Å². The monoisotopic (exact) mass is 414 g/mol. The molecule has 1 rings (SSSR count). The van der Waals surface area contributed by atoms with Gasteiger partial charge in [-0.15, -0.1) is 0 Å². The van der Waals surface area contributed by atoms with Gasteiger partial charge in [-0.25, -0.2) is 4.79 Å². The van der Waals surface area contributed by atoms with Crippen molar-refractivity contribution in [2.24, 2.45) is 0 Å². The number of ether oxygens (including phenoxy) is 1. The molecule has 29 heavy (non-hydrogen) atoms. The fraction of sp³-hybridized carbons (Fsp3) is 0.708. The van der Waals surface area contributed by atoms with Crippen LogP contribution in [0.3, 0.4) is 0 Å². The highest BCUT2D eigenvalue weighted by Gasteiger charge is 2.31. The quantitative estimate of drug-likeness (QED) is 0.213. The number of benzene rings is 1. The first-order chi connectivity index (χ1) is 13.9. The lowest BCUT2D eigenvalue weighted by Crippen LogP contribution is -2.19. The number of unbranched alkanes of at least 4 members (excludes halogenated alkanes) is 9. The summed E-state index contributed by atoms with van der Waals surface area (Å²) in [5.41, 5.74) is -0.863. The maximum atomic E-state index is 12.8. The van der Waals surface area contributed by atoms with Gasteiger partial charge in [0, 0.05) is 0 Å². The third-order valence-corrected chi connectivity index (χ3v) is 5.19. The molecule has 0 bridgehead atoms. The molecule has 5 heteroatoms. The minimum Gasteiger partial charge on any atom is -0.459 e. The predicted octanol–water partition coefficient (Wildman–Crippen LogP) is 8.34. The summed E-state index contributed by atoms with van der Waals surface area (Å²) < 4.78 is 44.0. The van der Waals surface area contributed by atoms with Crippen molar-refractivity contribution < 1.29 is 22.7 Å². The highest BCUT2D eigenvalue weighted by atomic mass is 19.4. The van der Waals surface area contributed by atoms with E-state index in [-0.39, 0.29) is 11.7 Å². The summed E-state index contributed by atoms with van der Waals surface area (Å²) >= 11 is 0. The normalized spacial score (nSPS) is 12.7. The molecule has 0 saturated heterocycles. The van der Waals surface area contributed by atoms with Crippen LogP contribution < -0.4 is 0 Å².